The molecule has 1 aromatic rings. The van der Waals surface area contributed by atoms with Gasteiger partial charge in [0.1, 0.15) is 5.60 Å². The molecule has 17 heavy (non-hydrogen) atoms. The van der Waals surface area contributed by atoms with E-state index in [1.807, 2.05) is 45.0 Å². The van der Waals surface area contributed by atoms with Crippen molar-refractivity contribution in [1.29, 1.82) is 0 Å². The van der Waals surface area contributed by atoms with Gasteiger partial charge in [0.25, 0.3) is 0 Å². The van der Waals surface area contributed by atoms with Crippen molar-refractivity contribution in [3.05, 3.63) is 35.4 Å². The molecule has 1 unspecified atom stereocenters. The molecule has 0 radical (unpaired) electrons. The van der Waals surface area contributed by atoms with Gasteiger partial charge in [0.05, 0.1) is 0 Å². The highest BCUT2D eigenvalue weighted by Crippen LogP contribution is 2.21. The minimum Gasteiger partial charge on any atom is -0.367 e. The maximum atomic E-state index is 12.4. The molecule has 0 fully saturated rings. The van der Waals surface area contributed by atoms with E-state index in [9.17, 15) is 4.79 Å². The van der Waals surface area contributed by atoms with Crippen LogP contribution in [0.3, 0.4) is 0 Å². The summed E-state index contributed by atoms with van der Waals surface area (Å²) in [5.74, 6) is 0.0736. The SMILES string of the molecule is CCOC(C)(CC)C(=O)c1ccc(CC)cc1. The first-order valence-electron chi connectivity index (χ1n) is 6.35. The van der Waals surface area contributed by atoms with Gasteiger partial charge >= 0.3 is 0 Å². The molecular formula is C15H22O2. The van der Waals surface area contributed by atoms with Crippen molar-refractivity contribution in [3.8, 4) is 0 Å². The lowest BCUT2D eigenvalue weighted by atomic mass is 9.91. The summed E-state index contributed by atoms with van der Waals surface area (Å²) < 4.78 is 5.60. The highest BCUT2D eigenvalue weighted by Gasteiger charge is 2.32. The molecule has 0 aliphatic rings. The molecule has 2 heteroatoms. The predicted molar refractivity (Wildman–Crippen MR) is 70.5 cm³/mol. The molecule has 0 saturated carbocycles. The molecule has 0 aliphatic heterocycles. The second-order valence-electron chi connectivity index (χ2n) is 4.40. The molecule has 1 atom stereocenters. The molecule has 1 rings (SSSR count). The summed E-state index contributed by atoms with van der Waals surface area (Å²) in [6.45, 7) is 8.43. The first-order valence-corrected chi connectivity index (χ1v) is 6.35. The Morgan fingerprint density at radius 2 is 1.76 bits per heavy atom. The Morgan fingerprint density at radius 3 is 2.18 bits per heavy atom. The number of aryl methyl sites for hydroxylation is 1. The quantitative estimate of drug-likeness (QED) is 0.702. The zero-order valence-corrected chi connectivity index (χ0v) is 11.2. The van der Waals surface area contributed by atoms with E-state index in [2.05, 4.69) is 6.92 Å². The zero-order valence-electron chi connectivity index (χ0n) is 11.2. The molecule has 0 spiro atoms. The van der Waals surface area contributed by atoms with Crippen LogP contribution in [-0.4, -0.2) is 18.0 Å². The summed E-state index contributed by atoms with van der Waals surface area (Å²) in [7, 11) is 0. The largest absolute Gasteiger partial charge is 0.367 e. The molecule has 94 valence electrons. The van der Waals surface area contributed by atoms with Crippen molar-refractivity contribution in [2.24, 2.45) is 0 Å². The van der Waals surface area contributed by atoms with Gasteiger partial charge in [-0.3, -0.25) is 4.79 Å². The van der Waals surface area contributed by atoms with Gasteiger partial charge in [-0.05, 0) is 32.3 Å². The average molecular weight is 234 g/mol. The van der Waals surface area contributed by atoms with E-state index in [-0.39, 0.29) is 5.78 Å². The van der Waals surface area contributed by atoms with Crippen molar-refractivity contribution < 1.29 is 9.53 Å². The van der Waals surface area contributed by atoms with E-state index in [0.29, 0.717) is 13.0 Å². The fraction of sp³-hybridized carbons (Fsp3) is 0.533. The lowest BCUT2D eigenvalue weighted by Gasteiger charge is -2.26. The van der Waals surface area contributed by atoms with Crippen LogP contribution in [0.2, 0.25) is 0 Å². The van der Waals surface area contributed by atoms with Gasteiger partial charge in [-0.25, -0.2) is 0 Å². The second-order valence-corrected chi connectivity index (χ2v) is 4.40. The van der Waals surface area contributed by atoms with Crippen LogP contribution < -0.4 is 0 Å². The second kappa shape index (κ2) is 5.97. The monoisotopic (exact) mass is 234 g/mol. The maximum Gasteiger partial charge on any atom is 0.194 e. The third-order valence-electron chi connectivity index (χ3n) is 3.24. The first kappa shape index (κ1) is 13.9. The van der Waals surface area contributed by atoms with Gasteiger partial charge in [-0.1, -0.05) is 38.1 Å². The van der Waals surface area contributed by atoms with Crippen molar-refractivity contribution in [2.45, 2.75) is 46.1 Å². The fourth-order valence-corrected chi connectivity index (χ4v) is 1.84. The molecule has 1 aromatic carbocycles. The van der Waals surface area contributed by atoms with Gasteiger partial charge in [-0.15, -0.1) is 0 Å². The van der Waals surface area contributed by atoms with Crippen LogP contribution in [-0.2, 0) is 11.2 Å². The zero-order chi connectivity index (χ0) is 12.9. The Labute approximate surface area is 104 Å². The van der Waals surface area contributed by atoms with Crippen LogP contribution in [0, 0.1) is 0 Å². The van der Waals surface area contributed by atoms with Crippen molar-refractivity contribution in [1.82, 2.24) is 0 Å². The Balaban J connectivity index is 2.93. The standard InChI is InChI=1S/C15H22O2/c1-5-12-8-10-13(11-9-12)14(16)15(4,6-2)17-7-3/h8-11H,5-7H2,1-4H3. The van der Waals surface area contributed by atoms with Crippen molar-refractivity contribution in [2.75, 3.05) is 6.61 Å². The van der Waals surface area contributed by atoms with E-state index in [4.69, 9.17) is 4.74 Å². The van der Waals surface area contributed by atoms with E-state index < -0.39 is 5.60 Å². The molecule has 0 saturated heterocycles. The third kappa shape index (κ3) is 3.16. The Kier molecular flexibility index (Phi) is 4.88. The topological polar surface area (TPSA) is 26.3 Å². The summed E-state index contributed by atoms with van der Waals surface area (Å²) in [5, 5.41) is 0. The molecule has 0 heterocycles. The van der Waals surface area contributed by atoms with Crippen LogP contribution >= 0.6 is 0 Å². The summed E-state index contributed by atoms with van der Waals surface area (Å²) in [6, 6.07) is 7.81. The van der Waals surface area contributed by atoms with E-state index in [1.165, 1.54) is 5.56 Å². The Morgan fingerprint density at radius 1 is 1.18 bits per heavy atom. The number of ether oxygens (including phenoxy) is 1. The molecule has 2 nitrogen and oxygen atoms in total. The molecule has 0 aromatic heterocycles. The van der Waals surface area contributed by atoms with Gasteiger partial charge in [0.2, 0.25) is 0 Å². The third-order valence-corrected chi connectivity index (χ3v) is 3.24. The minimum absolute atomic E-state index is 0.0736. The summed E-state index contributed by atoms with van der Waals surface area (Å²) >= 11 is 0. The molecule has 0 bridgehead atoms. The highest BCUT2D eigenvalue weighted by molar-refractivity contribution is 6.02. The Bertz CT molecular complexity index is 367. The number of rotatable bonds is 6. The van der Waals surface area contributed by atoms with E-state index in [0.717, 1.165) is 12.0 Å². The fourth-order valence-electron chi connectivity index (χ4n) is 1.84. The number of hydrogen-bond acceptors (Lipinski definition) is 2. The van der Waals surface area contributed by atoms with Gasteiger partial charge in [0.15, 0.2) is 5.78 Å². The maximum absolute atomic E-state index is 12.4. The molecule has 0 aliphatic carbocycles. The number of Topliss-reactive ketones (excluding diaryl/α,β-unsaturated/α-hetero) is 1. The normalized spacial score (nSPS) is 14.4. The first-order chi connectivity index (χ1) is 8.07. The number of benzene rings is 1. The van der Waals surface area contributed by atoms with Gasteiger partial charge in [0, 0.05) is 12.2 Å². The van der Waals surface area contributed by atoms with Crippen LogP contribution in [0.25, 0.3) is 0 Å². The van der Waals surface area contributed by atoms with Gasteiger partial charge in [-0.2, -0.15) is 0 Å². The highest BCUT2D eigenvalue weighted by atomic mass is 16.5. The minimum atomic E-state index is -0.692. The van der Waals surface area contributed by atoms with Crippen LogP contribution in [0.5, 0.6) is 0 Å². The summed E-state index contributed by atoms with van der Waals surface area (Å²) in [6.07, 6.45) is 1.68. The van der Waals surface area contributed by atoms with Crippen molar-refractivity contribution >= 4 is 5.78 Å². The number of ketones is 1. The number of carbonyl (C=O) groups excluding carboxylic acids is 1. The lowest BCUT2D eigenvalue weighted by Crippen LogP contribution is -2.37. The molecular weight excluding hydrogens is 212 g/mol. The van der Waals surface area contributed by atoms with Crippen LogP contribution in [0.1, 0.15) is 50.0 Å². The molecule has 0 amide bonds. The average Bonchev–Trinajstić information content (AvgIpc) is 2.38. The molecule has 0 N–H and O–H groups in total. The number of hydrogen-bond donors (Lipinski definition) is 0. The smallest absolute Gasteiger partial charge is 0.194 e. The van der Waals surface area contributed by atoms with E-state index >= 15 is 0 Å². The predicted octanol–water partition coefficient (Wildman–Crippen LogP) is 3.64. The summed E-state index contributed by atoms with van der Waals surface area (Å²) in [5.41, 5.74) is 1.29. The Hall–Kier alpha value is -1.15. The van der Waals surface area contributed by atoms with Crippen LogP contribution in [0.4, 0.5) is 0 Å². The lowest BCUT2D eigenvalue weighted by molar-refractivity contribution is -0.0116. The van der Waals surface area contributed by atoms with E-state index in [1.54, 1.807) is 0 Å². The van der Waals surface area contributed by atoms with Gasteiger partial charge < -0.3 is 4.74 Å². The summed E-state index contributed by atoms with van der Waals surface area (Å²) in [4.78, 5) is 12.4. The number of carbonyl (C=O) groups is 1. The van der Waals surface area contributed by atoms with Crippen LogP contribution in [0.15, 0.2) is 24.3 Å². The van der Waals surface area contributed by atoms with Crippen molar-refractivity contribution in [3.63, 3.8) is 0 Å².